The Labute approximate surface area is 111 Å². The molecule has 1 atom stereocenters. The molecule has 6 heteroatoms. The molecule has 0 aromatic heterocycles. The number of carbonyl (C=O) groups excluding carboxylic acids is 1. The number of benzene rings is 1. The van der Waals surface area contributed by atoms with E-state index in [1.54, 1.807) is 6.08 Å². The van der Waals surface area contributed by atoms with Crippen molar-refractivity contribution >= 4 is 17.3 Å². The summed E-state index contributed by atoms with van der Waals surface area (Å²) in [6, 6.07) is 4.24. The van der Waals surface area contributed by atoms with E-state index in [4.69, 9.17) is 0 Å². The van der Waals surface area contributed by atoms with Crippen molar-refractivity contribution in [3.8, 4) is 0 Å². The zero-order chi connectivity index (χ0) is 14.4. The molecule has 2 N–H and O–H groups in total. The van der Waals surface area contributed by atoms with Crippen LogP contribution < -0.4 is 10.6 Å². The summed E-state index contributed by atoms with van der Waals surface area (Å²) in [7, 11) is 1.51. The van der Waals surface area contributed by atoms with Gasteiger partial charge in [-0.05, 0) is 25.5 Å². The van der Waals surface area contributed by atoms with Crippen LogP contribution in [0.3, 0.4) is 0 Å². The molecule has 0 heterocycles. The highest BCUT2D eigenvalue weighted by molar-refractivity contribution is 5.95. The smallest absolute Gasteiger partial charge is 0.292 e. The van der Waals surface area contributed by atoms with E-state index >= 15 is 0 Å². The third-order valence-electron chi connectivity index (χ3n) is 2.60. The van der Waals surface area contributed by atoms with E-state index < -0.39 is 4.92 Å². The van der Waals surface area contributed by atoms with Gasteiger partial charge >= 0.3 is 0 Å². The van der Waals surface area contributed by atoms with Crippen molar-refractivity contribution in [3.05, 3.63) is 46.5 Å². The Morgan fingerprint density at radius 1 is 1.58 bits per heavy atom. The molecule has 0 radical (unpaired) electrons. The monoisotopic (exact) mass is 263 g/mol. The lowest BCUT2D eigenvalue weighted by molar-refractivity contribution is -0.384. The molecule has 1 unspecified atom stereocenters. The maximum Gasteiger partial charge on any atom is 0.292 e. The van der Waals surface area contributed by atoms with E-state index in [9.17, 15) is 14.9 Å². The molecule has 1 rings (SSSR count). The largest absolute Gasteiger partial charge is 0.377 e. The highest BCUT2D eigenvalue weighted by Gasteiger charge is 2.17. The summed E-state index contributed by atoms with van der Waals surface area (Å²) >= 11 is 0. The number of hydrogen-bond donors (Lipinski definition) is 2. The first-order chi connectivity index (χ1) is 8.99. The number of hydrogen-bond acceptors (Lipinski definition) is 4. The van der Waals surface area contributed by atoms with Crippen LogP contribution in [-0.4, -0.2) is 23.9 Å². The van der Waals surface area contributed by atoms with Gasteiger partial charge in [0.2, 0.25) is 0 Å². The van der Waals surface area contributed by atoms with Crippen LogP contribution in [0.25, 0.3) is 0 Å². The van der Waals surface area contributed by atoms with E-state index in [-0.39, 0.29) is 17.6 Å². The van der Waals surface area contributed by atoms with E-state index in [0.717, 1.165) is 0 Å². The second-order valence-corrected chi connectivity index (χ2v) is 4.14. The average molecular weight is 263 g/mol. The summed E-state index contributed by atoms with van der Waals surface area (Å²) in [6.45, 7) is 5.51. The second kappa shape index (κ2) is 6.53. The summed E-state index contributed by atoms with van der Waals surface area (Å²) in [6.07, 6.45) is 2.40. The molecule has 0 saturated carbocycles. The molecule has 0 bridgehead atoms. The number of amides is 1. The Morgan fingerprint density at radius 3 is 2.79 bits per heavy atom. The van der Waals surface area contributed by atoms with Gasteiger partial charge in [-0.1, -0.05) is 6.08 Å². The molecule has 6 nitrogen and oxygen atoms in total. The summed E-state index contributed by atoms with van der Waals surface area (Å²) < 4.78 is 0. The summed E-state index contributed by atoms with van der Waals surface area (Å²) in [4.78, 5) is 22.0. The van der Waals surface area contributed by atoms with Crippen molar-refractivity contribution in [2.75, 3.05) is 12.4 Å². The Kier molecular flexibility index (Phi) is 5.05. The number of nitrogens with one attached hydrogen (secondary N) is 2. The molecule has 0 spiro atoms. The number of nitro benzene ring substituents is 1. The first-order valence-electron chi connectivity index (χ1n) is 5.87. The van der Waals surface area contributed by atoms with Crippen LogP contribution >= 0.6 is 0 Å². The van der Waals surface area contributed by atoms with Gasteiger partial charge in [-0.2, -0.15) is 0 Å². The van der Waals surface area contributed by atoms with Crippen LogP contribution in [0.4, 0.5) is 11.4 Å². The van der Waals surface area contributed by atoms with Gasteiger partial charge < -0.3 is 10.6 Å². The normalized spacial score (nSPS) is 11.5. The molecule has 19 heavy (non-hydrogen) atoms. The van der Waals surface area contributed by atoms with E-state index in [1.165, 1.54) is 25.2 Å². The Bertz CT molecular complexity index is 500. The van der Waals surface area contributed by atoms with Crippen molar-refractivity contribution in [3.63, 3.8) is 0 Å². The predicted molar refractivity (Wildman–Crippen MR) is 74.4 cm³/mol. The minimum atomic E-state index is -0.476. The zero-order valence-electron chi connectivity index (χ0n) is 11.0. The Morgan fingerprint density at radius 2 is 2.26 bits per heavy atom. The number of nitrogens with zero attached hydrogens (tertiary/aromatic N) is 1. The Balaban J connectivity index is 3.11. The number of rotatable bonds is 6. The van der Waals surface area contributed by atoms with Crippen LogP contribution in [0.2, 0.25) is 0 Å². The van der Waals surface area contributed by atoms with Gasteiger partial charge in [-0.15, -0.1) is 6.58 Å². The van der Waals surface area contributed by atoms with E-state index in [0.29, 0.717) is 17.7 Å². The first-order valence-corrected chi connectivity index (χ1v) is 5.87. The van der Waals surface area contributed by atoms with Crippen LogP contribution in [0.1, 0.15) is 23.7 Å². The van der Waals surface area contributed by atoms with Gasteiger partial charge in [0.05, 0.1) is 4.92 Å². The molecule has 102 valence electrons. The van der Waals surface area contributed by atoms with Crippen LogP contribution in [-0.2, 0) is 0 Å². The minimum absolute atomic E-state index is 0.00358. The lowest BCUT2D eigenvalue weighted by Crippen LogP contribution is -2.19. The quantitative estimate of drug-likeness (QED) is 0.468. The van der Waals surface area contributed by atoms with Crippen molar-refractivity contribution in [2.24, 2.45) is 0 Å². The molecular weight excluding hydrogens is 246 g/mol. The minimum Gasteiger partial charge on any atom is -0.377 e. The average Bonchev–Trinajstić information content (AvgIpc) is 2.37. The fraction of sp³-hybridized carbons (Fsp3) is 0.308. The topological polar surface area (TPSA) is 84.3 Å². The summed E-state index contributed by atoms with van der Waals surface area (Å²) in [5.74, 6) is -0.283. The molecule has 0 aliphatic heterocycles. The van der Waals surface area contributed by atoms with Gasteiger partial charge in [0, 0.05) is 24.7 Å². The van der Waals surface area contributed by atoms with Crippen molar-refractivity contribution in [1.82, 2.24) is 5.32 Å². The standard InChI is InChI=1S/C13H17N3O3/c1-4-5-9(2)15-11-8-10(13(17)14-3)6-7-12(11)16(18)19/h4,6-9,15H,1,5H2,2-3H3,(H,14,17). The fourth-order valence-corrected chi connectivity index (χ4v) is 1.67. The van der Waals surface area contributed by atoms with Crippen LogP contribution in [0.5, 0.6) is 0 Å². The summed E-state index contributed by atoms with van der Waals surface area (Å²) in [5, 5.41) is 16.5. The lowest BCUT2D eigenvalue weighted by atomic mass is 10.1. The highest BCUT2D eigenvalue weighted by Crippen LogP contribution is 2.26. The van der Waals surface area contributed by atoms with Gasteiger partial charge in [0.25, 0.3) is 11.6 Å². The fourth-order valence-electron chi connectivity index (χ4n) is 1.67. The molecule has 0 fully saturated rings. The van der Waals surface area contributed by atoms with Crippen molar-refractivity contribution < 1.29 is 9.72 Å². The maximum atomic E-state index is 11.5. The van der Waals surface area contributed by atoms with E-state index in [2.05, 4.69) is 17.2 Å². The molecule has 0 aliphatic carbocycles. The third kappa shape index (κ3) is 3.80. The zero-order valence-corrected chi connectivity index (χ0v) is 11.0. The van der Waals surface area contributed by atoms with Crippen LogP contribution in [0.15, 0.2) is 30.9 Å². The van der Waals surface area contributed by atoms with Gasteiger partial charge in [0.15, 0.2) is 0 Å². The first kappa shape index (κ1) is 14.7. The van der Waals surface area contributed by atoms with Gasteiger partial charge in [-0.25, -0.2) is 0 Å². The summed E-state index contributed by atoms with van der Waals surface area (Å²) in [5.41, 5.74) is 0.658. The predicted octanol–water partition coefficient (Wildman–Crippen LogP) is 2.33. The molecule has 1 amide bonds. The molecule has 1 aromatic carbocycles. The molecule has 0 saturated heterocycles. The van der Waals surface area contributed by atoms with Gasteiger partial charge in [0.1, 0.15) is 5.69 Å². The third-order valence-corrected chi connectivity index (χ3v) is 2.60. The van der Waals surface area contributed by atoms with E-state index in [1.807, 2.05) is 6.92 Å². The Hall–Kier alpha value is -2.37. The SMILES string of the molecule is C=CCC(C)Nc1cc(C(=O)NC)ccc1[N+](=O)[O-]. The number of anilines is 1. The number of nitro groups is 1. The molecule has 1 aromatic rings. The molecule has 0 aliphatic rings. The lowest BCUT2D eigenvalue weighted by Gasteiger charge is -2.14. The highest BCUT2D eigenvalue weighted by atomic mass is 16.6. The maximum absolute atomic E-state index is 11.5. The van der Waals surface area contributed by atoms with Crippen molar-refractivity contribution in [2.45, 2.75) is 19.4 Å². The van der Waals surface area contributed by atoms with Crippen molar-refractivity contribution in [1.29, 1.82) is 0 Å². The van der Waals surface area contributed by atoms with Gasteiger partial charge in [-0.3, -0.25) is 14.9 Å². The molecular formula is C13H17N3O3. The number of carbonyl (C=O) groups is 1. The second-order valence-electron chi connectivity index (χ2n) is 4.14. The van der Waals surface area contributed by atoms with Crippen LogP contribution in [0, 0.1) is 10.1 Å².